The lowest BCUT2D eigenvalue weighted by atomic mass is 10.0. The van der Waals surface area contributed by atoms with E-state index in [2.05, 4.69) is 0 Å². The molecule has 0 amide bonds. The highest BCUT2D eigenvalue weighted by atomic mass is 16.5. The van der Waals surface area contributed by atoms with Crippen LogP contribution in [-0.4, -0.2) is 44.7 Å². The summed E-state index contributed by atoms with van der Waals surface area (Å²) in [4.78, 5) is 24.9. The molecule has 1 aromatic carbocycles. The Morgan fingerprint density at radius 2 is 1.76 bits per heavy atom. The van der Waals surface area contributed by atoms with Crippen LogP contribution < -0.4 is 0 Å². The van der Waals surface area contributed by atoms with Crippen molar-refractivity contribution in [3.63, 3.8) is 0 Å². The highest BCUT2D eigenvalue weighted by Gasteiger charge is 2.16. The summed E-state index contributed by atoms with van der Waals surface area (Å²) in [5.41, 5.74) is 2.00. The van der Waals surface area contributed by atoms with Gasteiger partial charge in [0.25, 0.3) is 0 Å². The SMILES string of the molecule is COC(=O)Cc1ccccc1CN(C)CC(C)C(=O)OC. The zero-order chi connectivity index (χ0) is 15.8. The molecule has 5 heteroatoms. The van der Waals surface area contributed by atoms with E-state index in [4.69, 9.17) is 9.47 Å². The van der Waals surface area contributed by atoms with E-state index < -0.39 is 0 Å². The van der Waals surface area contributed by atoms with E-state index in [0.717, 1.165) is 11.1 Å². The summed E-state index contributed by atoms with van der Waals surface area (Å²) in [5, 5.41) is 0. The third-order valence-electron chi connectivity index (χ3n) is 3.31. The second-order valence-electron chi connectivity index (χ2n) is 5.14. The summed E-state index contributed by atoms with van der Waals surface area (Å²) in [6.07, 6.45) is 0.257. The molecule has 0 aliphatic heterocycles. The van der Waals surface area contributed by atoms with Crippen LogP contribution in [0, 0.1) is 5.92 Å². The van der Waals surface area contributed by atoms with Crippen molar-refractivity contribution >= 4 is 11.9 Å². The van der Waals surface area contributed by atoms with Gasteiger partial charge in [0, 0.05) is 13.1 Å². The molecule has 0 heterocycles. The summed E-state index contributed by atoms with van der Waals surface area (Å²) in [6, 6.07) is 7.74. The smallest absolute Gasteiger partial charge is 0.309 e. The standard InChI is InChI=1S/C16H23NO4/c1-12(16(19)21-4)10-17(2)11-14-8-6-5-7-13(14)9-15(18)20-3/h5-8,12H,9-11H2,1-4H3. The van der Waals surface area contributed by atoms with Gasteiger partial charge in [0.05, 0.1) is 26.6 Å². The highest BCUT2D eigenvalue weighted by Crippen LogP contribution is 2.13. The maximum atomic E-state index is 11.4. The van der Waals surface area contributed by atoms with E-state index in [0.29, 0.717) is 13.1 Å². The van der Waals surface area contributed by atoms with Crippen LogP contribution in [0.1, 0.15) is 18.1 Å². The van der Waals surface area contributed by atoms with Gasteiger partial charge in [-0.2, -0.15) is 0 Å². The van der Waals surface area contributed by atoms with Crippen molar-refractivity contribution in [2.24, 2.45) is 5.92 Å². The van der Waals surface area contributed by atoms with E-state index in [1.54, 1.807) is 0 Å². The number of rotatable bonds is 7. The molecule has 0 aliphatic carbocycles. The predicted octanol–water partition coefficient (Wildman–Crippen LogP) is 1.64. The van der Waals surface area contributed by atoms with E-state index in [9.17, 15) is 9.59 Å². The van der Waals surface area contributed by atoms with Crippen LogP contribution in [0.15, 0.2) is 24.3 Å². The summed E-state index contributed by atoms with van der Waals surface area (Å²) in [6.45, 7) is 3.09. The van der Waals surface area contributed by atoms with Gasteiger partial charge in [0.2, 0.25) is 0 Å². The molecular formula is C16H23NO4. The zero-order valence-electron chi connectivity index (χ0n) is 13.1. The fraction of sp³-hybridized carbons (Fsp3) is 0.500. The number of methoxy groups -OCH3 is 2. The van der Waals surface area contributed by atoms with Gasteiger partial charge < -0.3 is 14.4 Å². The van der Waals surface area contributed by atoms with Crippen molar-refractivity contribution < 1.29 is 19.1 Å². The van der Waals surface area contributed by atoms with Gasteiger partial charge in [0.15, 0.2) is 0 Å². The van der Waals surface area contributed by atoms with Crippen LogP contribution in [-0.2, 0) is 32.0 Å². The molecule has 0 spiro atoms. The van der Waals surface area contributed by atoms with Gasteiger partial charge >= 0.3 is 11.9 Å². The lowest BCUT2D eigenvalue weighted by molar-refractivity contribution is -0.145. The lowest BCUT2D eigenvalue weighted by Crippen LogP contribution is -2.29. The predicted molar refractivity (Wildman–Crippen MR) is 79.7 cm³/mol. The van der Waals surface area contributed by atoms with E-state index >= 15 is 0 Å². The summed E-state index contributed by atoms with van der Waals surface area (Å²) >= 11 is 0. The summed E-state index contributed by atoms with van der Waals surface area (Å²) < 4.78 is 9.44. The van der Waals surface area contributed by atoms with Gasteiger partial charge in [-0.3, -0.25) is 9.59 Å². The van der Waals surface area contributed by atoms with Crippen molar-refractivity contribution in [1.82, 2.24) is 4.90 Å². The summed E-state index contributed by atoms with van der Waals surface area (Å²) in [5.74, 6) is -0.662. The minimum atomic E-state index is -0.256. The van der Waals surface area contributed by atoms with Gasteiger partial charge in [-0.15, -0.1) is 0 Å². The molecule has 0 bridgehead atoms. The molecule has 0 aromatic heterocycles. The molecule has 0 saturated carbocycles. The average Bonchev–Trinajstić information content (AvgIpc) is 2.47. The van der Waals surface area contributed by atoms with Crippen LogP contribution >= 0.6 is 0 Å². The summed E-state index contributed by atoms with van der Waals surface area (Å²) in [7, 11) is 4.72. The molecule has 1 aromatic rings. The van der Waals surface area contributed by atoms with E-state index in [1.807, 2.05) is 43.1 Å². The molecule has 116 valence electrons. The number of ether oxygens (including phenoxy) is 2. The monoisotopic (exact) mass is 293 g/mol. The maximum absolute atomic E-state index is 11.4. The Morgan fingerprint density at radius 3 is 2.33 bits per heavy atom. The first-order valence-electron chi connectivity index (χ1n) is 6.87. The van der Waals surface area contributed by atoms with Gasteiger partial charge in [-0.05, 0) is 18.2 Å². The van der Waals surface area contributed by atoms with Crippen LogP contribution in [0.25, 0.3) is 0 Å². The number of esters is 2. The first-order valence-corrected chi connectivity index (χ1v) is 6.87. The average molecular weight is 293 g/mol. The molecule has 0 fully saturated rings. The third kappa shape index (κ3) is 5.55. The van der Waals surface area contributed by atoms with Gasteiger partial charge in [0.1, 0.15) is 0 Å². The largest absolute Gasteiger partial charge is 0.469 e. The number of carbonyl (C=O) groups is 2. The lowest BCUT2D eigenvalue weighted by Gasteiger charge is -2.21. The number of nitrogens with zero attached hydrogens (tertiary/aromatic N) is 1. The third-order valence-corrected chi connectivity index (χ3v) is 3.31. The van der Waals surface area contributed by atoms with Gasteiger partial charge in [-0.1, -0.05) is 31.2 Å². The Labute approximate surface area is 125 Å². The van der Waals surface area contributed by atoms with Crippen molar-refractivity contribution in [2.75, 3.05) is 27.8 Å². The van der Waals surface area contributed by atoms with Crippen LogP contribution in [0.3, 0.4) is 0 Å². The maximum Gasteiger partial charge on any atom is 0.309 e. The molecular weight excluding hydrogens is 270 g/mol. The molecule has 5 nitrogen and oxygen atoms in total. The zero-order valence-corrected chi connectivity index (χ0v) is 13.1. The second-order valence-corrected chi connectivity index (χ2v) is 5.14. The normalized spacial score (nSPS) is 12.0. The van der Waals surface area contributed by atoms with Crippen molar-refractivity contribution in [1.29, 1.82) is 0 Å². The van der Waals surface area contributed by atoms with E-state index in [1.165, 1.54) is 14.2 Å². The Balaban J connectivity index is 2.69. The van der Waals surface area contributed by atoms with Crippen molar-refractivity contribution in [2.45, 2.75) is 19.9 Å². The Morgan fingerprint density at radius 1 is 1.14 bits per heavy atom. The van der Waals surface area contributed by atoms with Crippen LogP contribution in [0.5, 0.6) is 0 Å². The second kappa shape index (κ2) is 8.42. The number of hydrogen-bond donors (Lipinski definition) is 0. The number of carbonyl (C=O) groups excluding carboxylic acids is 2. The Bertz CT molecular complexity index is 487. The van der Waals surface area contributed by atoms with Crippen molar-refractivity contribution in [3.8, 4) is 0 Å². The number of hydrogen-bond acceptors (Lipinski definition) is 5. The highest BCUT2D eigenvalue weighted by molar-refractivity contribution is 5.73. The molecule has 21 heavy (non-hydrogen) atoms. The quantitative estimate of drug-likeness (QED) is 0.715. The molecule has 0 saturated heterocycles. The minimum Gasteiger partial charge on any atom is -0.469 e. The fourth-order valence-electron chi connectivity index (χ4n) is 2.21. The van der Waals surface area contributed by atoms with Crippen LogP contribution in [0.2, 0.25) is 0 Å². The van der Waals surface area contributed by atoms with Crippen molar-refractivity contribution in [3.05, 3.63) is 35.4 Å². The molecule has 1 atom stereocenters. The Kier molecular flexibility index (Phi) is 6.88. The first kappa shape index (κ1) is 17.2. The Hall–Kier alpha value is -1.88. The minimum absolute atomic E-state index is 0.187. The number of benzene rings is 1. The van der Waals surface area contributed by atoms with Gasteiger partial charge in [-0.25, -0.2) is 0 Å². The molecule has 0 radical (unpaired) electrons. The molecule has 0 aliphatic rings. The van der Waals surface area contributed by atoms with E-state index in [-0.39, 0.29) is 24.3 Å². The first-order chi connectivity index (χ1) is 9.97. The molecule has 0 N–H and O–H groups in total. The molecule has 1 unspecified atom stereocenters. The fourth-order valence-corrected chi connectivity index (χ4v) is 2.21. The topological polar surface area (TPSA) is 55.8 Å². The van der Waals surface area contributed by atoms with Crippen LogP contribution in [0.4, 0.5) is 0 Å². The molecule has 1 rings (SSSR count).